The van der Waals surface area contributed by atoms with Crippen molar-refractivity contribution in [2.75, 3.05) is 7.05 Å². The molecule has 2 N–H and O–H groups in total. The van der Waals surface area contributed by atoms with Gasteiger partial charge in [-0.1, -0.05) is 18.2 Å². The van der Waals surface area contributed by atoms with Crippen molar-refractivity contribution in [2.45, 2.75) is 50.0 Å². The van der Waals surface area contributed by atoms with E-state index in [2.05, 4.69) is 11.9 Å². The van der Waals surface area contributed by atoms with E-state index in [0.29, 0.717) is 12.1 Å². The van der Waals surface area contributed by atoms with Crippen molar-refractivity contribution in [3.8, 4) is 0 Å². The average Bonchev–Trinajstić information content (AvgIpc) is 2.66. The molecule has 3 rings (SSSR count). The fourth-order valence-electron chi connectivity index (χ4n) is 4.05. The lowest BCUT2D eigenvalue weighted by atomic mass is 9.81. The second-order valence-corrected chi connectivity index (χ2v) is 6.39. The van der Waals surface area contributed by atoms with Crippen LogP contribution in [0.3, 0.4) is 0 Å². The number of halogens is 3. The highest BCUT2D eigenvalue weighted by atomic mass is 19.4. The van der Waals surface area contributed by atoms with Crippen LogP contribution in [0.4, 0.5) is 13.2 Å². The minimum absolute atomic E-state index is 0.141. The van der Waals surface area contributed by atoms with Crippen LogP contribution in [0, 0.1) is 5.92 Å². The molecule has 2 aliphatic heterocycles. The predicted octanol–water partition coefficient (Wildman–Crippen LogP) is 3.58. The standard InChI is InChI=1S/C16H21F3N2/c1-21-11-6-7-12(21)9-10(8-11)15(20)13-4-2-3-5-14(13)16(17,18)19/h2-5,10-12,15H,6-9,20H2,1H3. The number of hydrogen-bond acceptors (Lipinski definition) is 2. The Kier molecular flexibility index (Phi) is 3.74. The molecule has 2 nitrogen and oxygen atoms in total. The third kappa shape index (κ3) is 2.69. The molecule has 0 amide bonds. The van der Waals surface area contributed by atoms with Crippen LogP contribution in [0.1, 0.15) is 42.9 Å². The van der Waals surface area contributed by atoms with Gasteiger partial charge in [-0.2, -0.15) is 13.2 Å². The first-order chi connectivity index (χ1) is 9.88. The van der Waals surface area contributed by atoms with Crippen molar-refractivity contribution in [2.24, 2.45) is 11.7 Å². The number of rotatable bonds is 2. The van der Waals surface area contributed by atoms with Crippen molar-refractivity contribution in [1.29, 1.82) is 0 Å². The van der Waals surface area contributed by atoms with Gasteiger partial charge in [0.1, 0.15) is 0 Å². The summed E-state index contributed by atoms with van der Waals surface area (Å²) in [5, 5.41) is 0. The molecule has 2 fully saturated rings. The zero-order valence-corrected chi connectivity index (χ0v) is 12.1. The number of hydrogen-bond donors (Lipinski definition) is 1. The van der Waals surface area contributed by atoms with Gasteiger partial charge in [0.15, 0.2) is 0 Å². The van der Waals surface area contributed by atoms with E-state index in [9.17, 15) is 13.2 Å². The number of benzene rings is 1. The Balaban J connectivity index is 1.85. The van der Waals surface area contributed by atoms with Crippen molar-refractivity contribution >= 4 is 0 Å². The molecular weight excluding hydrogens is 277 g/mol. The summed E-state index contributed by atoms with van der Waals surface area (Å²) in [5.41, 5.74) is 5.92. The highest BCUT2D eigenvalue weighted by Crippen LogP contribution is 2.43. The van der Waals surface area contributed by atoms with Gasteiger partial charge in [-0.15, -0.1) is 0 Å². The smallest absolute Gasteiger partial charge is 0.324 e. The lowest BCUT2D eigenvalue weighted by Crippen LogP contribution is -2.43. The summed E-state index contributed by atoms with van der Waals surface area (Å²) in [6.07, 6.45) is -0.240. The summed E-state index contributed by atoms with van der Waals surface area (Å²) in [7, 11) is 2.12. The van der Waals surface area contributed by atoms with E-state index in [1.165, 1.54) is 12.1 Å². The first kappa shape index (κ1) is 14.9. The Labute approximate surface area is 123 Å². The molecule has 1 aromatic rings. The lowest BCUT2D eigenvalue weighted by molar-refractivity contribution is -0.138. The highest BCUT2D eigenvalue weighted by molar-refractivity contribution is 5.33. The molecule has 0 spiro atoms. The average molecular weight is 298 g/mol. The van der Waals surface area contributed by atoms with Gasteiger partial charge in [0.2, 0.25) is 0 Å². The fraction of sp³-hybridized carbons (Fsp3) is 0.625. The highest BCUT2D eigenvalue weighted by Gasteiger charge is 2.42. The van der Waals surface area contributed by atoms with Crippen LogP contribution in [0.2, 0.25) is 0 Å². The number of alkyl halides is 3. The van der Waals surface area contributed by atoms with E-state index in [4.69, 9.17) is 5.73 Å². The van der Waals surface area contributed by atoms with Crippen molar-refractivity contribution in [3.05, 3.63) is 35.4 Å². The monoisotopic (exact) mass is 298 g/mol. The molecule has 0 radical (unpaired) electrons. The zero-order chi connectivity index (χ0) is 15.2. The minimum Gasteiger partial charge on any atom is -0.324 e. The Morgan fingerprint density at radius 2 is 1.71 bits per heavy atom. The van der Waals surface area contributed by atoms with Crippen LogP contribution in [0.5, 0.6) is 0 Å². The van der Waals surface area contributed by atoms with Crippen LogP contribution in [0.15, 0.2) is 24.3 Å². The van der Waals surface area contributed by atoms with E-state index in [-0.39, 0.29) is 11.5 Å². The minimum atomic E-state index is -4.33. The summed E-state index contributed by atoms with van der Waals surface area (Å²) in [4.78, 5) is 2.37. The number of nitrogens with two attached hydrogens (primary N) is 1. The van der Waals surface area contributed by atoms with Crippen LogP contribution in [0.25, 0.3) is 0 Å². The van der Waals surface area contributed by atoms with Crippen molar-refractivity contribution in [1.82, 2.24) is 4.90 Å². The zero-order valence-electron chi connectivity index (χ0n) is 12.1. The summed E-state index contributed by atoms with van der Waals surface area (Å²) in [6, 6.07) is 6.19. The van der Waals surface area contributed by atoms with Crippen LogP contribution in [-0.2, 0) is 6.18 Å². The number of piperidine rings is 1. The van der Waals surface area contributed by atoms with Crippen LogP contribution < -0.4 is 5.73 Å². The molecule has 0 aliphatic carbocycles. The van der Waals surface area contributed by atoms with Gasteiger partial charge < -0.3 is 10.6 Å². The van der Waals surface area contributed by atoms with Crippen LogP contribution in [-0.4, -0.2) is 24.0 Å². The van der Waals surface area contributed by atoms with Gasteiger partial charge >= 0.3 is 6.18 Å². The maximum Gasteiger partial charge on any atom is 0.416 e. The van der Waals surface area contributed by atoms with E-state index in [0.717, 1.165) is 31.7 Å². The molecule has 5 heteroatoms. The molecule has 3 atom stereocenters. The first-order valence-electron chi connectivity index (χ1n) is 7.51. The van der Waals surface area contributed by atoms with Gasteiger partial charge in [0, 0.05) is 18.1 Å². The van der Waals surface area contributed by atoms with E-state index in [1.807, 2.05) is 0 Å². The van der Waals surface area contributed by atoms with Crippen molar-refractivity contribution in [3.63, 3.8) is 0 Å². The molecule has 0 saturated carbocycles. The van der Waals surface area contributed by atoms with Gasteiger partial charge in [-0.3, -0.25) is 0 Å². The molecule has 1 aromatic carbocycles. The second kappa shape index (κ2) is 5.29. The van der Waals surface area contributed by atoms with E-state index in [1.54, 1.807) is 6.07 Å². The van der Waals surface area contributed by atoms with Gasteiger partial charge in [0.05, 0.1) is 5.56 Å². The third-order valence-electron chi connectivity index (χ3n) is 5.27. The Hall–Kier alpha value is -1.07. The summed E-state index contributed by atoms with van der Waals surface area (Å²) < 4.78 is 39.4. The van der Waals surface area contributed by atoms with Crippen LogP contribution >= 0.6 is 0 Å². The Morgan fingerprint density at radius 3 is 2.29 bits per heavy atom. The summed E-state index contributed by atoms with van der Waals surface area (Å²) in [6.45, 7) is 0. The van der Waals surface area contributed by atoms with Gasteiger partial charge in [-0.25, -0.2) is 0 Å². The quantitative estimate of drug-likeness (QED) is 0.904. The second-order valence-electron chi connectivity index (χ2n) is 6.39. The van der Waals surface area contributed by atoms with Crippen molar-refractivity contribution < 1.29 is 13.2 Å². The maximum atomic E-state index is 13.1. The molecule has 21 heavy (non-hydrogen) atoms. The molecule has 3 unspecified atom stereocenters. The number of nitrogens with zero attached hydrogens (tertiary/aromatic N) is 1. The van der Waals surface area contributed by atoms with E-state index >= 15 is 0 Å². The largest absolute Gasteiger partial charge is 0.416 e. The fourth-order valence-corrected chi connectivity index (χ4v) is 4.05. The summed E-state index contributed by atoms with van der Waals surface area (Å²) >= 11 is 0. The molecule has 0 aromatic heterocycles. The molecular formula is C16H21F3N2. The molecule has 116 valence electrons. The van der Waals surface area contributed by atoms with E-state index < -0.39 is 17.8 Å². The Morgan fingerprint density at radius 1 is 1.14 bits per heavy atom. The third-order valence-corrected chi connectivity index (χ3v) is 5.27. The number of fused-ring (bicyclic) bond motifs is 2. The molecule has 2 bridgehead atoms. The topological polar surface area (TPSA) is 29.3 Å². The molecule has 2 saturated heterocycles. The van der Waals surface area contributed by atoms with Gasteiger partial charge in [0.25, 0.3) is 0 Å². The Bertz CT molecular complexity index is 500. The predicted molar refractivity (Wildman–Crippen MR) is 75.7 cm³/mol. The lowest BCUT2D eigenvalue weighted by Gasteiger charge is -2.39. The molecule has 2 aliphatic rings. The SMILES string of the molecule is CN1C2CCC1CC(C(N)c1ccccc1C(F)(F)F)C2. The normalized spacial score (nSPS) is 31.4. The molecule has 2 heterocycles. The van der Waals surface area contributed by atoms with Gasteiger partial charge in [-0.05, 0) is 50.3 Å². The maximum absolute atomic E-state index is 13.1. The first-order valence-corrected chi connectivity index (χ1v) is 7.51. The summed E-state index contributed by atoms with van der Waals surface area (Å²) in [5.74, 6) is 0.141.